The Morgan fingerprint density at radius 1 is 1.03 bits per heavy atom. The van der Waals surface area contributed by atoms with Crippen LogP contribution >= 0.6 is 11.6 Å². The molecule has 1 N–H and O–H groups in total. The SMILES string of the molecule is Fc1ccc(Cl)c(-c2ccc(N[C@@H]3C[C@@H]4CN(C5(C6CCOCC6)CC5)C[C@@H]4C3)nn2)c1. The summed E-state index contributed by atoms with van der Waals surface area (Å²) in [5, 5.41) is 12.7. The number of benzene rings is 1. The Kier molecular flexibility index (Phi) is 5.35. The molecule has 4 aliphatic rings. The van der Waals surface area contributed by atoms with Crippen molar-refractivity contribution in [2.45, 2.75) is 50.1 Å². The second kappa shape index (κ2) is 8.23. The molecule has 0 amide bonds. The molecule has 1 aromatic carbocycles. The highest BCUT2D eigenvalue weighted by Crippen LogP contribution is 2.55. The lowest BCUT2D eigenvalue weighted by molar-refractivity contribution is 0.0202. The van der Waals surface area contributed by atoms with Crippen molar-refractivity contribution < 1.29 is 9.13 Å². The zero-order valence-corrected chi connectivity index (χ0v) is 19.0. The first kappa shape index (κ1) is 20.8. The van der Waals surface area contributed by atoms with Gasteiger partial charge >= 0.3 is 0 Å². The van der Waals surface area contributed by atoms with Crippen LogP contribution in [-0.4, -0.2) is 53.0 Å². The molecule has 2 saturated carbocycles. The first-order valence-electron chi connectivity index (χ1n) is 12.0. The zero-order valence-electron chi connectivity index (χ0n) is 18.3. The van der Waals surface area contributed by atoms with Crippen LogP contribution in [-0.2, 0) is 4.74 Å². The molecule has 3 heterocycles. The summed E-state index contributed by atoms with van der Waals surface area (Å²) in [6.45, 7) is 4.40. The number of likely N-dealkylation sites (tertiary alicyclic amines) is 1. The quantitative estimate of drug-likeness (QED) is 0.684. The number of ether oxygens (including phenoxy) is 1. The molecule has 5 nitrogen and oxygen atoms in total. The van der Waals surface area contributed by atoms with E-state index < -0.39 is 0 Å². The molecule has 0 spiro atoms. The van der Waals surface area contributed by atoms with Crippen molar-refractivity contribution in [1.29, 1.82) is 0 Å². The summed E-state index contributed by atoms with van der Waals surface area (Å²) >= 11 is 6.20. The van der Waals surface area contributed by atoms with Gasteiger partial charge in [0, 0.05) is 43.4 Å². The minimum absolute atomic E-state index is 0.329. The molecule has 2 aromatic rings. The molecule has 2 aliphatic carbocycles. The van der Waals surface area contributed by atoms with E-state index in [4.69, 9.17) is 16.3 Å². The van der Waals surface area contributed by atoms with Gasteiger partial charge in [-0.3, -0.25) is 4.90 Å². The van der Waals surface area contributed by atoms with Crippen molar-refractivity contribution in [2.75, 3.05) is 31.6 Å². The van der Waals surface area contributed by atoms with Gasteiger partial charge in [0.1, 0.15) is 11.6 Å². The third kappa shape index (κ3) is 3.80. The average molecular weight is 457 g/mol. The second-order valence-electron chi connectivity index (χ2n) is 10.2. The molecule has 0 unspecified atom stereocenters. The molecule has 6 rings (SSSR count). The first-order chi connectivity index (χ1) is 15.6. The number of fused-ring (bicyclic) bond motifs is 1. The molecule has 170 valence electrons. The lowest BCUT2D eigenvalue weighted by Gasteiger charge is -2.38. The summed E-state index contributed by atoms with van der Waals surface area (Å²) in [5.41, 5.74) is 1.65. The monoisotopic (exact) mass is 456 g/mol. The van der Waals surface area contributed by atoms with Gasteiger partial charge in [0.15, 0.2) is 0 Å². The van der Waals surface area contributed by atoms with Crippen LogP contribution in [0, 0.1) is 23.6 Å². The average Bonchev–Trinajstić information content (AvgIpc) is 3.40. The number of nitrogens with one attached hydrogen (secondary N) is 1. The van der Waals surface area contributed by atoms with Crippen LogP contribution in [0.25, 0.3) is 11.3 Å². The number of halogens is 2. The highest BCUT2D eigenvalue weighted by Gasteiger charge is 2.57. The van der Waals surface area contributed by atoms with E-state index >= 15 is 0 Å². The minimum atomic E-state index is -0.329. The molecular weight excluding hydrogens is 427 g/mol. The number of hydrogen-bond acceptors (Lipinski definition) is 5. The van der Waals surface area contributed by atoms with Gasteiger partial charge in [-0.25, -0.2) is 4.39 Å². The van der Waals surface area contributed by atoms with E-state index in [0.29, 0.717) is 27.9 Å². The molecule has 2 saturated heterocycles. The summed E-state index contributed by atoms with van der Waals surface area (Å²) < 4.78 is 19.2. The van der Waals surface area contributed by atoms with Crippen LogP contribution in [0.4, 0.5) is 10.2 Å². The molecule has 4 fully saturated rings. The maximum atomic E-state index is 13.6. The van der Waals surface area contributed by atoms with E-state index in [2.05, 4.69) is 20.4 Å². The van der Waals surface area contributed by atoms with E-state index in [1.165, 1.54) is 63.7 Å². The van der Waals surface area contributed by atoms with E-state index in [0.717, 1.165) is 36.8 Å². The summed E-state index contributed by atoms with van der Waals surface area (Å²) in [5.74, 6) is 2.85. The molecular formula is C25H30ClFN4O. The van der Waals surface area contributed by atoms with Gasteiger partial charge in [0.25, 0.3) is 0 Å². The molecule has 0 radical (unpaired) electrons. The van der Waals surface area contributed by atoms with Gasteiger partial charge in [-0.2, -0.15) is 0 Å². The Hall–Kier alpha value is -1.76. The topological polar surface area (TPSA) is 50.3 Å². The fourth-order valence-electron chi connectivity index (χ4n) is 6.58. The van der Waals surface area contributed by atoms with Crippen molar-refractivity contribution in [3.05, 3.63) is 41.2 Å². The Morgan fingerprint density at radius 2 is 1.78 bits per heavy atom. The standard InChI is InChI=1S/C25H30ClFN4O/c26-22-2-1-19(27)13-21(22)23-3-4-24(30-29-23)28-20-11-16-14-31(15-17(16)12-20)25(7-8-25)18-5-9-32-10-6-18/h1-4,13,16-18,20H,5-12,14-15H2,(H,28,30)/t16-,17+,20-. The van der Waals surface area contributed by atoms with Crippen LogP contribution in [0.3, 0.4) is 0 Å². The lowest BCUT2D eigenvalue weighted by atomic mass is 9.88. The lowest BCUT2D eigenvalue weighted by Crippen LogP contribution is -2.44. The summed E-state index contributed by atoms with van der Waals surface area (Å²) in [7, 11) is 0. The van der Waals surface area contributed by atoms with E-state index in [1.54, 1.807) is 6.07 Å². The van der Waals surface area contributed by atoms with Gasteiger partial charge < -0.3 is 10.1 Å². The van der Waals surface area contributed by atoms with Crippen LogP contribution in [0.1, 0.15) is 38.5 Å². The first-order valence-corrected chi connectivity index (χ1v) is 12.4. The fraction of sp³-hybridized carbons (Fsp3) is 0.600. The van der Waals surface area contributed by atoms with Crippen molar-refractivity contribution in [3.8, 4) is 11.3 Å². The third-order valence-corrected chi connectivity index (χ3v) is 8.67. The molecule has 0 bridgehead atoms. The Bertz CT molecular complexity index is 962. The maximum absolute atomic E-state index is 13.6. The van der Waals surface area contributed by atoms with Crippen molar-refractivity contribution in [3.63, 3.8) is 0 Å². The summed E-state index contributed by atoms with van der Waals surface area (Å²) in [6.07, 6.45) is 7.65. The predicted octanol–water partition coefficient (Wildman–Crippen LogP) is 5.02. The summed E-state index contributed by atoms with van der Waals surface area (Å²) in [6, 6.07) is 8.53. The van der Waals surface area contributed by atoms with E-state index in [-0.39, 0.29) is 5.82 Å². The van der Waals surface area contributed by atoms with Gasteiger partial charge in [-0.05, 0) is 86.6 Å². The smallest absolute Gasteiger partial charge is 0.148 e. The van der Waals surface area contributed by atoms with Crippen molar-refractivity contribution in [1.82, 2.24) is 15.1 Å². The predicted molar refractivity (Wildman–Crippen MR) is 123 cm³/mol. The van der Waals surface area contributed by atoms with Gasteiger partial charge in [0.2, 0.25) is 0 Å². The van der Waals surface area contributed by atoms with E-state index in [1.807, 2.05) is 12.1 Å². The molecule has 3 atom stereocenters. The minimum Gasteiger partial charge on any atom is -0.381 e. The van der Waals surface area contributed by atoms with E-state index in [9.17, 15) is 4.39 Å². The van der Waals surface area contributed by atoms with Crippen LogP contribution in [0.2, 0.25) is 5.02 Å². The second-order valence-corrected chi connectivity index (χ2v) is 10.6. The highest BCUT2D eigenvalue weighted by molar-refractivity contribution is 6.33. The van der Waals surface area contributed by atoms with Crippen LogP contribution in [0.5, 0.6) is 0 Å². The number of hydrogen-bond donors (Lipinski definition) is 1. The third-order valence-electron chi connectivity index (χ3n) is 8.35. The maximum Gasteiger partial charge on any atom is 0.148 e. The largest absolute Gasteiger partial charge is 0.381 e. The normalized spacial score (nSPS) is 29.8. The van der Waals surface area contributed by atoms with Crippen LogP contribution in [0.15, 0.2) is 30.3 Å². The zero-order chi connectivity index (χ0) is 21.7. The number of rotatable bonds is 5. The van der Waals surface area contributed by atoms with Gasteiger partial charge in [-0.1, -0.05) is 11.6 Å². The Labute approximate surface area is 193 Å². The Balaban J connectivity index is 1.06. The van der Waals surface area contributed by atoms with Crippen molar-refractivity contribution in [2.24, 2.45) is 17.8 Å². The fourth-order valence-corrected chi connectivity index (χ4v) is 6.80. The number of aromatic nitrogens is 2. The van der Waals surface area contributed by atoms with Crippen LogP contribution < -0.4 is 5.32 Å². The number of anilines is 1. The van der Waals surface area contributed by atoms with Gasteiger partial charge in [-0.15, -0.1) is 10.2 Å². The highest BCUT2D eigenvalue weighted by atomic mass is 35.5. The Morgan fingerprint density at radius 3 is 2.44 bits per heavy atom. The number of nitrogens with zero attached hydrogens (tertiary/aromatic N) is 3. The molecule has 1 aromatic heterocycles. The molecule has 7 heteroatoms. The van der Waals surface area contributed by atoms with Crippen molar-refractivity contribution >= 4 is 17.4 Å². The molecule has 2 aliphatic heterocycles. The van der Waals surface area contributed by atoms with Gasteiger partial charge in [0.05, 0.1) is 10.7 Å². The summed E-state index contributed by atoms with van der Waals surface area (Å²) in [4.78, 5) is 2.85. The molecule has 32 heavy (non-hydrogen) atoms.